The fourth-order valence-corrected chi connectivity index (χ4v) is 1.49. The smallest absolute Gasteiger partial charge is 0.196 e. The molecule has 1 atom stereocenters. The van der Waals surface area contributed by atoms with Gasteiger partial charge in [-0.15, -0.1) is 0 Å². The molecule has 1 aliphatic rings. The number of aliphatic hydroxyl groups is 1. The molecule has 7 nitrogen and oxygen atoms in total. The average molecular weight is 220 g/mol. The largest absolute Gasteiger partial charge is 0.384 e. The van der Waals surface area contributed by atoms with E-state index in [0.29, 0.717) is 12.4 Å². The van der Waals surface area contributed by atoms with Gasteiger partial charge < -0.3 is 26.5 Å². The summed E-state index contributed by atoms with van der Waals surface area (Å²) in [6.45, 7) is 0.250. The zero-order valence-corrected chi connectivity index (χ0v) is 8.51. The molecule has 2 rings (SSSR count). The van der Waals surface area contributed by atoms with E-state index < -0.39 is 6.17 Å². The van der Waals surface area contributed by atoms with Crippen molar-refractivity contribution in [1.82, 2.24) is 9.55 Å². The van der Waals surface area contributed by atoms with Gasteiger partial charge in [-0.1, -0.05) is 11.8 Å². The Kier molecular flexibility index (Phi) is 2.76. The molecule has 0 radical (unpaired) electrons. The van der Waals surface area contributed by atoms with Gasteiger partial charge in [0.15, 0.2) is 11.8 Å². The Morgan fingerprint density at radius 2 is 2.38 bits per heavy atom. The second-order valence-corrected chi connectivity index (χ2v) is 3.20. The van der Waals surface area contributed by atoms with Crippen LogP contribution in [0.4, 0.5) is 5.82 Å². The van der Waals surface area contributed by atoms with Gasteiger partial charge in [-0.05, 0) is 0 Å². The summed E-state index contributed by atoms with van der Waals surface area (Å²) in [4.78, 5) is 8.10. The van der Waals surface area contributed by atoms with Crippen LogP contribution in [-0.4, -0.2) is 27.2 Å². The highest BCUT2D eigenvalue weighted by Gasteiger charge is 2.22. The van der Waals surface area contributed by atoms with E-state index in [1.54, 1.807) is 10.9 Å². The van der Waals surface area contributed by atoms with Crippen LogP contribution in [0.1, 0.15) is 11.9 Å². The molecule has 0 spiro atoms. The van der Waals surface area contributed by atoms with E-state index in [0.717, 1.165) is 5.69 Å². The molecule has 0 bridgehead atoms. The number of aliphatic hydroxyl groups excluding tert-OH is 1. The van der Waals surface area contributed by atoms with Crippen molar-refractivity contribution in [2.75, 3.05) is 11.9 Å². The minimum absolute atomic E-state index is 0.160. The summed E-state index contributed by atoms with van der Waals surface area (Å²) >= 11 is 0. The molecule has 1 aromatic heterocycles. The van der Waals surface area contributed by atoms with Crippen LogP contribution in [-0.2, 0) is 6.54 Å². The van der Waals surface area contributed by atoms with Crippen molar-refractivity contribution in [3.8, 4) is 11.8 Å². The third-order valence-corrected chi connectivity index (χ3v) is 2.14. The zero-order chi connectivity index (χ0) is 11.5. The number of rotatable bonds is 1. The molecule has 0 amide bonds. The van der Waals surface area contributed by atoms with Gasteiger partial charge >= 0.3 is 0 Å². The summed E-state index contributed by atoms with van der Waals surface area (Å²) in [7, 11) is 0. The van der Waals surface area contributed by atoms with Gasteiger partial charge in [0, 0.05) is 0 Å². The Labute approximate surface area is 92.2 Å². The van der Waals surface area contributed by atoms with E-state index in [1.807, 2.05) is 0 Å². The number of guanidine groups is 1. The molecule has 1 aromatic rings. The highest BCUT2D eigenvalue weighted by Crippen LogP contribution is 2.24. The number of nitrogens with one attached hydrogen (secondary N) is 1. The first kappa shape index (κ1) is 10.5. The van der Waals surface area contributed by atoms with Crippen LogP contribution in [0.2, 0.25) is 0 Å². The van der Waals surface area contributed by atoms with Crippen LogP contribution >= 0.6 is 0 Å². The van der Waals surface area contributed by atoms with E-state index in [2.05, 4.69) is 27.1 Å². The minimum atomic E-state index is -0.533. The van der Waals surface area contributed by atoms with Crippen molar-refractivity contribution in [3.05, 3.63) is 12.0 Å². The van der Waals surface area contributed by atoms with Gasteiger partial charge in [-0.2, -0.15) is 0 Å². The van der Waals surface area contributed by atoms with Gasteiger partial charge in [-0.3, -0.25) is 0 Å². The molecule has 0 aromatic carbocycles. The Morgan fingerprint density at radius 3 is 3.12 bits per heavy atom. The van der Waals surface area contributed by atoms with E-state index in [4.69, 9.17) is 16.6 Å². The monoisotopic (exact) mass is 220 g/mol. The van der Waals surface area contributed by atoms with Gasteiger partial charge in [0.25, 0.3) is 0 Å². The van der Waals surface area contributed by atoms with Crippen molar-refractivity contribution in [3.63, 3.8) is 0 Å². The Balaban J connectivity index is 2.26. The topological polar surface area (TPSA) is 114 Å². The Bertz CT molecular complexity index is 480. The van der Waals surface area contributed by atoms with E-state index in [-0.39, 0.29) is 12.6 Å². The Hall–Kier alpha value is -2.04. The summed E-state index contributed by atoms with van der Waals surface area (Å²) in [5.41, 5.74) is 12.1. The number of anilines is 1. The number of nitrogens with two attached hydrogens (primary N) is 2. The number of aromatic nitrogens is 2. The second-order valence-electron chi connectivity index (χ2n) is 3.20. The predicted octanol–water partition coefficient (Wildman–Crippen LogP) is -1.42. The molecule has 1 aliphatic heterocycles. The Morgan fingerprint density at radius 1 is 1.56 bits per heavy atom. The van der Waals surface area contributed by atoms with E-state index in [9.17, 15) is 0 Å². The zero-order valence-electron chi connectivity index (χ0n) is 8.51. The third-order valence-electron chi connectivity index (χ3n) is 2.14. The van der Waals surface area contributed by atoms with Crippen LogP contribution in [0.5, 0.6) is 0 Å². The van der Waals surface area contributed by atoms with Crippen molar-refractivity contribution < 1.29 is 5.11 Å². The van der Waals surface area contributed by atoms with Crippen molar-refractivity contribution >= 4 is 11.8 Å². The van der Waals surface area contributed by atoms with Crippen LogP contribution in [0.25, 0.3) is 0 Å². The SMILES string of the molecule is NC1=NC(N)c2c(ncn2CC#CCO)N1. The second kappa shape index (κ2) is 4.22. The lowest BCUT2D eigenvalue weighted by molar-refractivity contribution is 0.350. The summed E-state index contributed by atoms with van der Waals surface area (Å²) in [6, 6.07) is 0. The van der Waals surface area contributed by atoms with Gasteiger partial charge in [-0.25, -0.2) is 9.98 Å². The minimum Gasteiger partial charge on any atom is -0.384 e. The molecule has 0 aliphatic carbocycles. The molecule has 16 heavy (non-hydrogen) atoms. The van der Waals surface area contributed by atoms with Crippen LogP contribution in [0, 0.1) is 11.8 Å². The predicted molar refractivity (Wildman–Crippen MR) is 59.3 cm³/mol. The van der Waals surface area contributed by atoms with Crippen LogP contribution in [0.15, 0.2) is 11.3 Å². The average Bonchev–Trinajstić information content (AvgIpc) is 2.62. The number of fused-ring (bicyclic) bond motifs is 1. The van der Waals surface area contributed by atoms with Crippen molar-refractivity contribution in [2.45, 2.75) is 12.7 Å². The lowest BCUT2D eigenvalue weighted by Gasteiger charge is -2.17. The van der Waals surface area contributed by atoms with Gasteiger partial charge in [0.05, 0.1) is 12.9 Å². The molecule has 0 fully saturated rings. The molecule has 2 heterocycles. The van der Waals surface area contributed by atoms with Crippen LogP contribution in [0.3, 0.4) is 0 Å². The number of nitrogens with zero attached hydrogens (tertiary/aromatic N) is 3. The number of hydrogen-bond donors (Lipinski definition) is 4. The van der Waals surface area contributed by atoms with E-state index in [1.165, 1.54) is 0 Å². The molecule has 7 heteroatoms. The molecular formula is C9H12N6O. The molecule has 0 saturated heterocycles. The highest BCUT2D eigenvalue weighted by molar-refractivity contribution is 5.93. The maximum atomic E-state index is 8.55. The van der Waals surface area contributed by atoms with Crippen LogP contribution < -0.4 is 16.8 Å². The fourth-order valence-electron chi connectivity index (χ4n) is 1.49. The lowest BCUT2D eigenvalue weighted by Crippen LogP contribution is -2.31. The normalized spacial score (nSPS) is 17.9. The number of aliphatic imine (C=N–C) groups is 1. The number of hydrogen-bond acceptors (Lipinski definition) is 6. The molecule has 1 unspecified atom stereocenters. The lowest BCUT2D eigenvalue weighted by atomic mass is 10.3. The first-order valence-corrected chi connectivity index (χ1v) is 4.70. The maximum Gasteiger partial charge on any atom is 0.196 e. The first-order chi connectivity index (χ1) is 7.72. The van der Waals surface area contributed by atoms with Crippen molar-refractivity contribution in [2.24, 2.45) is 16.5 Å². The molecule has 6 N–H and O–H groups in total. The molecule has 84 valence electrons. The van der Waals surface area contributed by atoms with Crippen molar-refractivity contribution in [1.29, 1.82) is 0 Å². The molecule has 0 saturated carbocycles. The van der Waals surface area contributed by atoms with Gasteiger partial charge in [0.1, 0.15) is 18.5 Å². The van der Waals surface area contributed by atoms with E-state index >= 15 is 0 Å². The third kappa shape index (κ3) is 1.84. The standard InChI is InChI=1S/C9H12N6O/c10-7-6-8(14-9(11)13-7)12-5-15(6)3-1-2-4-16/h5,7,16H,3-4,10H2,(H3,11,13,14). The first-order valence-electron chi connectivity index (χ1n) is 4.70. The summed E-state index contributed by atoms with van der Waals surface area (Å²) in [6.07, 6.45) is 1.08. The number of imidazole rings is 1. The highest BCUT2D eigenvalue weighted by atomic mass is 16.2. The maximum absolute atomic E-state index is 8.55. The molecular weight excluding hydrogens is 208 g/mol. The quantitative estimate of drug-likeness (QED) is 0.433. The summed E-state index contributed by atoms with van der Waals surface area (Å²) < 4.78 is 1.77. The summed E-state index contributed by atoms with van der Waals surface area (Å²) in [5.74, 6) is 6.19. The van der Waals surface area contributed by atoms with Gasteiger partial charge in [0.2, 0.25) is 0 Å². The fraction of sp³-hybridized carbons (Fsp3) is 0.333. The summed E-state index contributed by atoms with van der Waals surface area (Å²) in [5, 5.41) is 11.4.